The molecule has 1 aliphatic heterocycles. The molecule has 1 amide bonds. The number of pyridine rings is 1. The summed E-state index contributed by atoms with van der Waals surface area (Å²) in [5, 5.41) is 11.0. The van der Waals surface area contributed by atoms with Crippen molar-refractivity contribution in [2.75, 3.05) is 31.1 Å². The molecule has 0 spiro atoms. The van der Waals surface area contributed by atoms with Crippen molar-refractivity contribution in [3.8, 4) is 0 Å². The van der Waals surface area contributed by atoms with Gasteiger partial charge in [-0.25, -0.2) is 4.98 Å². The third kappa shape index (κ3) is 4.00. The van der Waals surface area contributed by atoms with Crippen molar-refractivity contribution in [3.63, 3.8) is 0 Å². The van der Waals surface area contributed by atoms with Crippen molar-refractivity contribution in [1.29, 1.82) is 0 Å². The van der Waals surface area contributed by atoms with E-state index in [9.17, 15) is 14.9 Å². The van der Waals surface area contributed by atoms with Crippen LogP contribution in [0.1, 0.15) is 5.56 Å². The summed E-state index contributed by atoms with van der Waals surface area (Å²) in [5.41, 5.74) is 0.416. The normalized spacial score (nSPS) is 14.7. The number of carbonyl (C=O) groups is 1. The average molecular weight is 338 g/mol. The minimum absolute atomic E-state index is 0.00785. The molecule has 128 valence electrons. The van der Waals surface area contributed by atoms with Crippen LogP contribution in [0.2, 0.25) is 0 Å². The van der Waals surface area contributed by atoms with Gasteiger partial charge < -0.3 is 9.80 Å². The van der Waals surface area contributed by atoms with E-state index in [2.05, 4.69) is 9.88 Å². The number of anilines is 1. The molecule has 1 aliphatic rings. The van der Waals surface area contributed by atoms with Gasteiger partial charge in [-0.05, 0) is 24.3 Å². The predicted octanol–water partition coefficient (Wildman–Crippen LogP) is 2.35. The van der Waals surface area contributed by atoms with Gasteiger partial charge in [0, 0.05) is 44.5 Å². The minimum atomic E-state index is -0.449. The lowest BCUT2D eigenvalue weighted by molar-refractivity contribution is -0.385. The van der Waals surface area contributed by atoms with Crippen molar-refractivity contribution >= 4 is 23.5 Å². The molecule has 1 aromatic carbocycles. The molecule has 0 radical (unpaired) electrons. The smallest absolute Gasteiger partial charge is 0.276 e. The Morgan fingerprint density at radius 2 is 1.80 bits per heavy atom. The van der Waals surface area contributed by atoms with E-state index < -0.39 is 4.92 Å². The molecule has 7 nitrogen and oxygen atoms in total. The highest BCUT2D eigenvalue weighted by Crippen LogP contribution is 2.19. The molecular weight excluding hydrogens is 320 g/mol. The first-order chi connectivity index (χ1) is 12.1. The highest BCUT2D eigenvalue weighted by molar-refractivity contribution is 5.92. The van der Waals surface area contributed by atoms with Crippen molar-refractivity contribution < 1.29 is 9.72 Å². The molecule has 1 aromatic heterocycles. The molecule has 0 unspecified atom stereocenters. The summed E-state index contributed by atoms with van der Waals surface area (Å²) in [6.45, 7) is 2.61. The van der Waals surface area contributed by atoms with Crippen LogP contribution in [0.3, 0.4) is 0 Å². The van der Waals surface area contributed by atoms with Crippen LogP contribution in [0.5, 0.6) is 0 Å². The summed E-state index contributed by atoms with van der Waals surface area (Å²) in [7, 11) is 0. The van der Waals surface area contributed by atoms with Gasteiger partial charge >= 0.3 is 0 Å². The molecule has 25 heavy (non-hydrogen) atoms. The number of hydrogen-bond donors (Lipinski definition) is 0. The number of piperazine rings is 1. The second-order valence-corrected chi connectivity index (χ2v) is 5.65. The summed E-state index contributed by atoms with van der Waals surface area (Å²) >= 11 is 0. The van der Waals surface area contributed by atoms with Crippen LogP contribution >= 0.6 is 0 Å². The van der Waals surface area contributed by atoms with Gasteiger partial charge in [0.05, 0.1) is 10.5 Å². The van der Waals surface area contributed by atoms with E-state index >= 15 is 0 Å². The lowest BCUT2D eigenvalue weighted by Gasteiger charge is -2.34. The first-order valence-electron chi connectivity index (χ1n) is 8.01. The van der Waals surface area contributed by atoms with E-state index in [1.54, 1.807) is 29.3 Å². The summed E-state index contributed by atoms with van der Waals surface area (Å²) in [5.74, 6) is 0.767. The second-order valence-electron chi connectivity index (χ2n) is 5.65. The second kappa shape index (κ2) is 7.57. The monoisotopic (exact) mass is 338 g/mol. The van der Waals surface area contributed by atoms with Crippen molar-refractivity contribution in [1.82, 2.24) is 9.88 Å². The Morgan fingerprint density at radius 3 is 2.48 bits per heavy atom. The highest BCUT2D eigenvalue weighted by Gasteiger charge is 2.20. The summed E-state index contributed by atoms with van der Waals surface area (Å²) in [6, 6.07) is 12.1. The number of amides is 1. The van der Waals surface area contributed by atoms with Gasteiger partial charge in [-0.15, -0.1) is 0 Å². The fraction of sp³-hybridized carbons (Fsp3) is 0.222. The molecule has 0 bridgehead atoms. The van der Waals surface area contributed by atoms with Gasteiger partial charge in [-0.1, -0.05) is 18.2 Å². The van der Waals surface area contributed by atoms with Gasteiger partial charge in [0.15, 0.2) is 0 Å². The molecule has 2 aromatic rings. The maximum atomic E-state index is 12.3. The largest absolute Gasteiger partial charge is 0.353 e. The number of rotatable bonds is 4. The lowest BCUT2D eigenvalue weighted by atomic mass is 10.1. The summed E-state index contributed by atoms with van der Waals surface area (Å²) in [4.78, 5) is 31.1. The molecule has 0 aliphatic carbocycles. The molecule has 0 N–H and O–H groups in total. The predicted molar refractivity (Wildman–Crippen MR) is 95.2 cm³/mol. The Labute approximate surface area is 145 Å². The standard InChI is InChI=1S/C18H18N4O3/c23-18(9-8-15-5-1-2-6-16(15)22(24)25)21-13-11-20(12-14-21)17-7-3-4-10-19-17/h1-10H,11-14H2. The molecule has 0 atom stereocenters. The Bertz CT molecular complexity index is 784. The highest BCUT2D eigenvalue weighted by atomic mass is 16.6. The van der Waals surface area contributed by atoms with Gasteiger partial charge in [0.25, 0.3) is 5.69 Å². The SMILES string of the molecule is O=C(C=Cc1ccccc1[N+](=O)[O-])N1CCN(c2ccccn2)CC1. The lowest BCUT2D eigenvalue weighted by Crippen LogP contribution is -2.48. The molecule has 2 heterocycles. The van der Waals surface area contributed by atoms with E-state index in [-0.39, 0.29) is 11.6 Å². The fourth-order valence-corrected chi connectivity index (χ4v) is 2.76. The number of nitro groups is 1. The zero-order chi connectivity index (χ0) is 17.6. The van der Waals surface area contributed by atoms with E-state index in [0.717, 1.165) is 5.82 Å². The van der Waals surface area contributed by atoms with Crippen LogP contribution in [0.25, 0.3) is 6.08 Å². The van der Waals surface area contributed by atoms with Crippen LogP contribution in [-0.4, -0.2) is 46.9 Å². The van der Waals surface area contributed by atoms with Crippen molar-refractivity contribution in [3.05, 3.63) is 70.4 Å². The summed E-state index contributed by atoms with van der Waals surface area (Å²) < 4.78 is 0. The number of hydrogen-bond acceptors (Lipinski definition) is 5. The van der Waals surface area contributed by atoms with Crippen LogP contribution in [0.15, 0.2) is 54.7 Å². The topological polar surface area (TPSA) is 79.6 Å². The molecule has 7 heteroatoms. The molecule has 1 saturated heterocycles. The first-order valence-corrected chi connectivity index (χ1v) is 8.01. The van der Waals surface area contributed by atoms with Gasteiger partial charge in [-0.3, -0.25) is 14.9 Å². The van der Waals surface area contributed by atoms with Crippen molar-refractivity contribution in [2.45, 2.75) is 0 Å². The Kier molecular flexibility index (Phi) is 5.03. The molecular formula is C18H18N4O3. The van der Waals surface area contributed by atoms with E-state index in [4.69, 9.17) is 0 Å². The third-order valence-electron chi connectivity index (χ3n) is 4.10. The van der Waals surface area contributed by atoms with Crippen LogP contribution < -0.4 is 4.90 Å². The van der Waals surface area contributed by atoms with E-state index in [1.807, 2.05) is 18.2 Å². The first kappa shape index (κ1) is 16.6. The Morgan fingerprint density at radius 1 is 1.08 bits per heavy atom. The zero-order valence-electron chi connectivity index (χ0n) is 13.6. The van der Waals surface area contributed by atoms with Gasteiger partial charge in [0.2, 0.25) is 5.91 Å². The molecule has 0 saturated carbocycles. The van der Waals surface area contributed by atoms with Crippen molar-refractivity contribution in [2.24, 2.45) is 0 Å². The number of carbonyl (C=O) groups excluding carboxylic acids is 1. The Hall–Kier alpha value is -3.22. The number of benzene rings is 1. The zero-order valence-corrected chi connectivity index (χ0v) is 13.6. The third-order valence-corrected chi connectivity index (χ3v) is 4.10. The maximum absolute atomic E-state index is 12.3. The van der Waals surface area contributed by atoms with Crippen LogP contribution in [0.4, 0.5) is 11.5 Å². The number of nitrogens with zero attached hydrogens (tertiary/aromatic N) is 4. The maximum Gasteiger partial charge on any atom is 0.276 e. The minimum Gasteiger partial charge on any atom is -0.353 e. The summed E-state index contributed by atoms with van der Waals surface area (Å²) in [6.07, 6.45) is 4.66. The van der Waals surface area contributed by atoms with E-state index in [1.165, 1.54) is 18.2 Å². The quantitative estimate of drug-likeness (QED) is 0.486. The fourth-order valence-electron chi connectivity index (χ4n) is 2.76. The molecule has 1 fully saturated rings. The van der Waals surface area contributed by atoms with Crippen LogP contribution in [0, 0.1) is 10.1 Å². The number of para-hydroxylation sites is 1. The van der Waals surface area contributed by atoms with Crippen LogP contribution in [-0.2, 0) is 4.79 Å². The molecule has 3 rings (SSSR count). The number of aromatic nitrogens is 1. The van der Waals surface area contributed by atoms with E-state index in [0.29, 0.717) is 31.7 Å². The van der Waals surface area contributed by atoms with Gasteiger partial charge in [0.1, 0.15) is 5.82 Å². The van der Waals surface area contributed by atoms with Gasteiger partial charge in [-0.2, -0.15) is 0 Å². The average Bonchev–Trinajstić information content (AvgIpc) is 2.67. The number of nitro benzene ring substituents is 1. The Balaban J connectivity index is 1.61.